The molecular weight excluding hydrogens is 246 g/mol. The van der Waals surface area contributed by atoms with Gasteiger partial charge in [0.1, 0.15) is 5.15 Å². The molecule has 0 saturated carbocycles. The lowest BCUT2D eigenvalue weighted by Crippen LogP contribution is -2.05. The quantitative estimate of drug-likeness (QED) is 0.890. The lowest BCUT2D eigenvalue weighted by molar-refractivity contribution is 0.283. The van der Waals surface area contributed by atoms with E-state index in [2.05, 4.69) is 44.4 Å². The monoisotopic (exact) mass is 265 g/mol. The van der Waals surface area contributed by atoms with Crippen molar-refractivity contribution >= 4 is 22.5 Å². The maximum Gasteiger partial charge on any atom is 0.115 e. The smallest absolute Gasteiger partial charge is 0.115 e. The molecule has 0 amide bonds. The Morgan fingerprint density at radius 1 is 1.28 bits per heavy atom. The summed E-state index contributed by atoms with van der Waals surface area (Å²) in [4.78, 5) is 0. The van der Waals surface area contributed by atoms with Gasteiger partial charge in [-0.25, -0.2) is 0 Å². The van der Waals surface area contributed by atoms with Gasteiger partial charge in [-0.2, -0.15) is 0 Å². The third-order valence-electron chi connectivity index (χ3n) is 3.49. The number of hydrogen-bond acceptors (Lipinski definition) is 1. The second kappa shape index (κ2) is 4.94. The van der Waals surface area contributed by atoms with Gasteiger partial charge in [0.2, 0.25) is 0 Å². The fourth-order valence-corrected chi connectivity index (χ4v) is 2.77. The molecule has 2 nitrogen and oxygen atoms in total. The van der Waals surface area contributed by atoms with Crippen LogP contribution in [-0.4, -0.2) is 9.67 Å². The fourth-order valence-electron chi connectivity index (χ4n) is 2.45. The van der Waals surface area contributed by atoms with Crippen molar-refractivity contribution in [3.05, 3.63) is 34.0 Å². The first-order valence-electron chi connectivity index (χ1n) is 6.35. The summed E-state index contributed by atoms with van der Waals surface area (Å²) in [7, 11) is 0. The molecule has 98 valence electrons. The lowest BCUT2D eigenvalue weighted by atomic mass is 10.0. The van der Waals surface area contributed by atoms with Crippen LogP contribution in [0.5, 0.6) is 0 Å². The Kier molecular flexibility index (Phi) is 3.69. The highest BCUT2D eigenvalue weighted by Gasteiger charge is 2.17. The molecule has 3 heteroatoms. The van der Waals surface area contributed by atoms with Gasteiger partial charge in [0, 0.05) is 17.5 Å². The number of aromatic nitrogens is 1. The summed E-state index contributed by atoms with van der Waals surface area (Å²) in [5.74, 6) is 0.518. The molecular formula is C15H20ClNO. The fraction of sp³-hybridized carbons (Fsp3) is 0.467. The third kappa shape index (κ3) is 2.04. The topological polar surface area (TPSA) is 25.2 Å². The van der Waals surface area contributed by atoms with Crippen LogP contribution in [0.25, 0.3) is 10.9 Å². The molecule has 2 rings (SSSR count). The molecule has 0 spiro atoms. The highest BCUT2D eigenvalue weighted by molar-refractivity contribution is 6.32. The van der Waals surface area contributed by atoms with E-state index in [1.807, 2.05) is 0 Å². The first kappa shape index (κ1) is 13.4. The zero-order valence-electron chi connectivity index (χ0n) is 11.4. The molecule has 0 unspecified atom stereocenters. The summed E-state index contributed by atoms with van der Waals surface area (Å²) < 4.78 is 2.13. The van der Waals surface area contributed by atoms with E-state index in [1.54, 1.807) is 0 Å². The molecule has 1 N–H and O–H groups in total. The average molecular weight is 266 g/mol. The molecule has 1 aromatic heterocycles. The number of aliphatic hydroxyl groups is 1. The first-order chi connectivity index (χ1) is 8.47. The standard InChI is InChI=1S/C15H20ClNO/c1-9(2)7-17-14-11(4)10(3)5-6-12(14)13(8-18)15(17)16/h5-6,9,18H,7-8H2,1-4H3. The summed E-state index contributed by atoms with van der Waals surface area (Å²) >= 11 is 6.42. The highest BCUT2D eigenvalue weighted by Crippen LogP contribution is 2.34. The molecule has 0 atom stereocenters. The minimum Gasteiger partial charge on any atom is -0.392 e. The van der Waals surface area contributed by atoms with Crippen molar-refractivity contribution in [1.29, 1.82) is 0 Å². The molecule has 0 aliphatic heterocycles. The third-order valence-corrected chi connectivity index (χ3v) is 3.92. The molecule has 1 heterocycles. The SMILES string of the molecule is Cc1ccc2c(CO)c(Cl)n(CC(C)C)c2c1C. The highest BCUT2D eigenvalue weighted by atomic mass is 35.5. The summed E-state index contributed by atoms with van der Waals surface area (Å²) in [5, 5.41) is 11.3. The Morgan fingerprint density at radius 3 is 2.50 bits per heavy atom. The van der Waals surface area contributed by atoms with E-state index in [0.29, 0.717) is 11.1 Å². The zero-order valence-corrected chi connectivity index (χ0v) is 12.2. The van der Waals surface area contributed by atoms with E-state index < -0.39 is 0 Å². The zero-order chi connectivity index (χ0) is 13.4. The summed E-state index contributed by atoms with van der Waals surface area (Å²) in [6, 6.07) is 4.15. The van der Waals surface area contributed by atoms with Crippen molar-refractivity contribution in [3.63, 3.8) is 0 Å². The molecule has 0 bridgehead atoms. The lowest BCUT2D eigenvalue weighted by Gasteiger charge is -2.12. The van der Waals surface area contributed by atoms with E-state index >= 15 is 0 Å². The molecule has 0 radical (unpaired) electrons. The van der Waals surface area contributed by atoms with Crippen LogP contribution >= 0.6 is 11.6 Å². The van der Waals surface area contributed by atoms with Crippen LogP contribution in [-0.2, 0) is 13.2 Å². The second-order valence-corrected chi connectivity index (χ2v) is 5.69. The summed E-state index contributed by atoms with van der Waals surface area (Å²) in [6.07, 6.45) is 0. The van der Waals surface area contributed by atoms with E-state index in [1.165, 1.54) is 11.1 Å². The van der Waals surface area contributed by atoms with Crippen molar-refractivity contribution in [1.82, 2.24) is 4.57 Å². The number of hydrogen-bond donors (Lipinski definition) is 1. The Morgan fingerprint density at radius 2 is 1.94 bits per heavy atom. The van der Waals surface area contributed by atoms with Crippen molar-refractivity contribution in [3.8, 4) is 0 Å². The maximum absolute atomic E-state index is 9.53. The van der Waals surface area contributed by atoms with Gasteiger partial charge in [-0.05, 0) is 30.9 Å². The number of rotatable bonds is 3. The van der Waals surface area contributed by atoms with Gasteiger partial charge in [0.05, 0.1) is 12.1 Å². The maximum atomic E-state index is 9.53. The van der Waals surface area contributed by atoms with E-state index in [9.17, 15) is 5.11 Å². The molecule has 0 saturated heterocycles. The van der Waals surface area contributed by atoms with Gasteiger partial charge in [-0.1, -0.05) is 37.6 Å². The predicted octanol–water partition coefficient (Wildman–Crippen LogP) is 4.06. The Labute approximate surface area is 113 Å². The second-order valence-electron chi connectivity index (χ2n) is 5.34. The summed E-state index contributed by atoms with van der Waals surface area (Å²) in [6.45, 7) is 9.43. The molecule has 2 aromatic rings. The molecule has 0 aliphatic rings. The summed E-state index contributed by atoms with van der Waals surface area (Å²) in [5.41, 5.74) is 4.51. The van der Waals surface area contributed by atoms with Crippen LogP contribution in [0.4, 0.5) is 0 Å². The number of fused-ring (bicyclic) bond motifs is 1. The molecule has 0 aliphatic carbocycles. The average Bonchev–Trinajstić information content (AvgIpc) is 2.57. The van der Waals surface area contributed by atoms with Crippen LogP contribution in [0.3, 0.4) is 0 Å². The van der Waals surface area contributed by atoms with Crippen molar-refractivity contribution in [2.24, 2.45) is 5.92 Å². The number of halogens is 1. The van der Waals surface area contributed by atoms with Crippen LogP contribution in [0.2, 0.25) is 5.15 Å². The van der Waals surface area contributed by atoms with Crippen molar-refractivity contribution in [2.75, 3.05) is 0 Å². The molecule has 0 fully saturated rings. The predicted molar refractivity (Wildman–Crippen MR) is 77.2 cm³/mol. The van der Waals surface area contributed by atoms with Crippen molar-refractivity contribution < 1.29 is 5.11 Å². The van der Waals surface area contributed by atoms with Gasteiger partial charge in [0.15, 0.2) is 0 Å². The van der Waals surface area contributed by atoms with Gasteiger partial charge in [-0.3, -0.25) is 0 Å². The Bertz CT molecular complexity index is 584. The van der Waals surface area contributed by atoms with Crippen LogP contribution in [0.1, 0.15) is 30.5 Å². The van der Waals surface area contributed by atoms with Gasteiger partial charge in [-0.15, -0.1) is 0 Å². The van der Waals surface area contributed by atoms with Crippen LogP contribution in [0, 0.1) is 19.8 Å². The van der Waals surface area contributed by atoms with Gasteiger partial charge < -0.3 is 9.67 Å². The Hall–Kier alpha value is -0.990. The van der Waals surface area contributed by atoms with Crippen LogP contribution < -0.4 is 0 Å². The number of benzene rings is 1. The minimum atomic E-state index is -0.0110. The Balaban J connectivity index is 2.82. The normalized spacial score (nSPS) is 11.7. The molecule has 18 heavy (non-hydrogen) atoms. The first-order valence-corrected chi connectivity index (χ1v) is 6.72. The number of aryl methyl sites for hydroxylation is 2. The van der Waals surface area contributed by atoms with Crippen LogP contribution in [0.15, 0.2) is 12.1 Å². The van der Waals surface area contributed by atoms with Crippen molar-refractivity contribution in [2.45, 2.75) is 40.8 Å². The van der Waals surface area contributed by atoms with E-state index in [4.69, 9.17) is 11.6 Å². The number of aliphatic hydroxyl groups excluding tert-OH is 1. The minimum absolute atomic E-state index is 0.0110. The molecule has 1 aromatic carbocycles. The number of nitrogens with zero attached hydrogens (tertiary/aromatic N) is 1. The van der Waals surface area contributed by atoms with Gasteiger partial charge in [0.25, 0.3) is 0 Å². The largest absolute Gasteiger partial charge is 0.392 e. The van der Waals surface area contributed by atoms with E-state index in [0.717, 1.165) is 23.0 Å². The van der Waals surface area contributed by atoms with E-state index in [-0.39, 0.29) is 6.61 Å². The van der Waals surface area contributed by atoms with Gasteiger partial charge >= 0.3 is 0 Å².